The van der Waals surface area contributed by atoms with Crippen molar-refractivity contribution >= 4 is 23.4 Å². The third-order valence-corrected chi connectivity index (χ3v) is 5.06. The van der Waals surface area contributed by atoms with Crippen LogP contribution in [0.1, 0.15) is 23.2 Å². The van der Waals surface area contributed by atoms with Crippen LogP contribution in [-0.2, 0) is 0 Å². The van der Waals surface area contributed by atoms with E-state index in [-0.39, 0.29) is 11.6 Å². The number of benzene rings is 1. The van der Waals surface area contributed by atoms with Gasteiger partial charge in [-0.3, -0.25) is 14.9 Å². The minimum atomic E-state index is -0.491. The van der Waals surface area contributed by atoms with Gasteiger partial charge in [-0.25, -0.2) is 0 Å². The molecule has 0 bridgehead atoms. The molecule has 0 aromatic heterocycles. The number of nitro benzene ring substituents is 1. The van der Waals surface area contributed by atoms with E-state index in [1.54, 1.807) is 4.90 Å². The third-order valence-electron chi connectivity index (χ3n) is 3.78. The minimum Gasteiger partial charge on any atom is -0.338 e. The molecule has 110 valence electrons. The van der Waals surface area contributed by atoms with Crippen molar-refractivity contribution in [3.8, 4) is 6.07 Å². The number of nitriles is 1. The number of rotatable bonds is 3. The van der Waals surface area contributed by atoms with Gasteiger partial charge < -0.3 is 4.90 Å². The van der Waals surface area contributed by atoms with E-state index in [9.17, 15) is 20.2 Å². The standard InChI is InChI=1S/C14H15N3O3S/c1-21-14(10-15)6-8-16(9-7-14)13(18)11-2-4-12(5-3-11)17(19)20/h2-5H,6-9H2,1H3. The van der Waals surface area contributed by atoms with Crippen LogP contribution in [0.2, 0.25) is 0 Å². The predicted molar refractivity (Wildman–Crippen MR) is 80.1 cm³/mol. The van der Waals surface area contributed by atoms with Crippen LogP contribution in [0.25, 0.3) is 0 Å². The van der Waals surface area contributed by atoms with Crippen molar-refractivity contribution < 1.29 is 9.72 Å². The third kappa shape index (κ3) is 3.16. The van der Waals surface area contributed by atoms with Gasteiger partial charge in [-0.2, -0.15) is 5.26 Å². The highest BCUT2D eigenvalue weighted by molar-refractivity contribution is 8.00. The number of carbonyl (C=O) groups is 1. The maximum Gasteiger partial charge on any atom is 0.269 e. The molecular weight excluding hydrogens is 290 g/mol. The molecule has 1 aliphatic rings. The van der Waals surface area contributed by atoms with Gasteiger partial charge in [0.15, 0.2) is 0 Å². The molecule has 1 aromatic rings. The van der Waals surface area contributed by atoms with Gasteiger partial charge >= 0.3 is 0 Å². The van der Waals surface area contributed by atoms with E-state index in [4.69, 9.17) is 0 Å². The van der Waals surface area contributed by atoms with Crippen molar-refractivity contribution in [2.24, 2.45) is 0 Å². The van der Waals surface area contributed by atoms with Crippen LogP contribution in [0.3, 0.4) is 0 Å². The Morgan fingerprint density at radius 3 is 2.38 bits per heavy atom. The lowest BCUT2D eigenvalue weighted by Crippen LogP contribution is -2.44. The number of nitrogens with zero attached hydrogens (tertiary/aromatic N) is 3. The summed E-state index contributed by atoms with van der Waals surface area (Å²) in [5.41, 5.74) is 0.408. The maximum absolute atomic E-state index is 12.3. The quantitative estimate of drug-likeness (QED) is 0.632. The largest absolute Gasteiger partial charge is 0.338 e. The normalized spacial score (nSPS) is 17.0. The molecule has 7 heteroatoms. The van der Waals surface area contributed by atoms with E-state index in [2.05, 4.69) is 6.07 Å². The molecule has 1 aliphatic heterocycles. The Bertz CT molecular complexity index is 586. The molecule has 6 nitrogen and oxygen atoms in total. The fourth-order valence-corrected chi connectivity index (χ4v) is 3.02. The van der Waals surface area contributed by atoms with Crippen molar-refractivity contribution in [1.29, 1.82) is 5.26 Å². The summed E-state index contributed by atoms with van der Waals surface area (Å²) in [7, 11) is 0. The van der Waals surface area contributed by atoms with Crippen molar-refractivity contribution in [3.63, 3.8) is 0 Å². The lowest BCUT2D eigenvalue weighted by atomic mass is 9.96. The first kappa shape index (κ1) is 15.3. The van der Waals surface area contributed by atoms with E-state index < -0.39 is 9.67 Å². The van der Waals surface area contributed by atoms with E-state index in [1.807, 2.05) is 6.26 Å². The number of amides is 1. The highest BCUT2D eigenvalue weighted by atomic mass is 32.2. The van der Waals surface area contributed by atoms with Gasteiger partial charge in [0.25, 0.3) is 11.6 Å². The van der Waals surface area contributed by atoms with Crippen molar-refractivity contribution in [2.45, 2.75) is 17.6 Å². The highest BCUT2D eigenvalue weighted by Gasteiger charge is 2.35. The number of non-ortho nitro benzene ring substituents is 1. The van der Waals surface area contributed by atoms with Gasteiger partial charge in [0.05, 0.1) is 11.0 Å². The summed E-state index contributed by atoms with van der Waals surface area (Å²) in [6.07, 6.45) is 3.20. The molecule has 0 spiro atoms. The zero-order valence-corrected chi connectivity index (χ0v) is 12.4. The van der Waals surface area contributed by atoms with Crippen molar-refractivity contribution in [2.75, 3.05) is 19.3 Å². The van der Waals surface area contributed by atoms with E-state index in [1.165, 1.54) is 36.0 Å². The average molecular weight is 305 g/mol. The first-order valence-corrected chi connectivity index (χ1v) is 7.74. The molecule has 2 rings (SSSR count). The van der Waals surface area contributed by atoms with Crippen LogP contribution < -0.4 is 0 Å². The number of hydrogen-bond acceptors (Lipinski definition) is 5. The smallest absolute Gasteiger partial charge is 0.269 e. The number of hydrogen-bond donors (Lipinski definition) is 0. The highest BCUT2D eigenvalue weighted by Crippen LogP contribution is 2.34. The number of piperidine rings is 1. The van der Waals surface area contributed by atoms with Crippen LogP contribution in [0.5, 0.6) is 0 Å². The molecule has 0 saturated carbocycles. The fraction of sp³-hybridized carbons (Fsp3) is 0.429. The van der Waals surface area contributed by atoms with E-state index in [0.29, 0.717) is 31.5 Å². The van der Waals surface area contributed by atoms with Crippen LogP contribution in [-0.4, -0.2) is 39.8 Å². The van der Waals surface area contributed by atoms with Crippen LogP contribution in [0, 0.1) is 21.4 Å². The molecule has 1 amide bonds. The first-order valence-electron chi connectivity index (χ1n) is 6.51. The topological polar surface area (TPSA) is 87.2 Å². The SMILES string of the molecule is CSC1(C#N)CCN(C(=O)c2ccc([N+](=O)[O-])cc2)CC1. The van der Waals surface area contributed by atoms with Crippen LogP contribution in [0.15, 0.2) is 24.3 Å². The van der Waals surface area contributed by atoms with Crippen molar-refractivity contribution in [1.82, 2.24) is 4.90 Å². The molecule has 0 unspecified atom stereocenters. The second-order valence-electron chi connectivity index (χ2n) is 4.91. The molecule has 21 heavy (non-hydrogen) atoms. The second kappa shape index (κ2) is 6.14. The zero-order valence-electron chi connectivity index (χ0n) is 11.6. The fourth-order valence-electron chi connectivity index (χ4n) is 2.34. The van der Waals surface area contributed by atoms with Crippen molar-refractivity contribution in [3.05, 3.63) is 39.9 Å². The Labute approximate surface area is 126 Å². The zero-order chi connectivity index (χ0) is 15.5. The summed E-state index contributed by atoms with van der Waals surface area (Å²) in [6.45, 7) is 1.06. The summed E-state index contributed by atoms with van der Waals surface area (Å²) in [5.74, 6) is -0.141. The van der Waals surface area contributed by atoms with Gasteiger partial charge in [0.2, 0.25) is 0 Å². The molecule has 0 atom stereocenters. The lowest BCUT2D eigenvalue weighted by molar-refractivity contribution is -0.384. The summed E-state index contributed by atoms with van der Waals surface area (Å²) in [4.78, 5) is 24.1. The van der Waals surface area contributed by atoms with Gasteiger partial charge in [-0.15, -0.1) is 11.8 Å². The number of thioether (sulfide) groups is 1. The monoisotopic (exact) mass is 305 g/mol. The first-order chi connectivity index (χ1) is 10.0. The molecule has 0 radical (unpaired) electrons. The Hall–Kier alpha value is -2.07. The van der Waals surface area contributed by atoms with E-state index >= 15 is 0 Å². The summed E-state index contributed by atoms with van der Waals surface area (Å²) in [6, 6.07) is 7.95. The van der Waals surface area contributed by atoms with Crippen LogP contribution >= 0.6 is 11.8 Å². The summed E-state index contributed by atoms with van der Waals surface area (Å²) < 4.78 is -0.397. The van der Waals surface area contributed by atoms with E-state index in [0.717, 1.165) is 0 Å². The molecule has 1 fully saturated rings. The Kier molecular flexibility index (Phi) is 4.48. The Morgan fingerprint density at radius 1 is 1.38 bits per heavy atom. The maximum atomic E-state index is 12.3. The molecule has 1 heterocycles. The number of nitro groups is 1. The van der Waals surface area contributed by atoms with Gasteiger partial charge in [-0.1, -0.05) is 0 Å². The second-order valence-corrected chi connectivity index (χ2v) is 6.10. The van der Waals surface area contributed by atoms with Gasteiger partial charge in [0.1, 0.15) is 4.75 Å². The molecule has 1 aromatic carbocycles. The predicted octanol–water partition coefficient (Wildman–Crippen LogP) is 2.46. The summed E-state index contributed by atoms with van der Waals surface area (Å²) in [5, 5.41) is 19.8. The molecule has 0 aliphatic carbocycles. The summed E-state index contributed by atoms with van der Waals surface area (Å²) >= 11 is 1.53. The van der Waals surface area contributed by atoms with Gasteiger partial charge in [-0.05, 0) is 31.2 Å². The molecule has 1 saturated heterocycles. The minimum absolute atomic E-state index is 0.0314. The van der Waals surface area contributed by atoms with Crippen LogP contribution in [0.4, 0.5) is 5.69 Å². The Morgan fingerprint density at radius 2 is 1.95 bits per heavy atom. The molecule has 0 N–H and O–H groups in total. The number of carbonyl (C=O) groups excluding carboxylic acids is 1. The van der Waals surface area contributed by atoms with Gasteiger partial charge in [0, 0.05) is 30.8 Å². The average Bonchev–Trinajstić information content (AvgIpc) is 2.54. The lowest BCUT2D eigenvalue weighted by Gasteiger charge is -2.36. The number of likely N-dealkylation sites (tertiary alicyclic amines) is 1. The molecular formula is C14H15N3O3S. The Balaban J connectivity index is 2.05.